The minimum Gasteiger partial charge on any atom is -0.290 e. The van der Waals surface area contributed by atoms with E-state index in [9.17, 15) is 4.79 Å². The van der Waals surface area contributed by atoms with Crippen molar-refractivity contribution in [3.8, 4) is 0 Å². The van der Waals surface area contributed by atoms with Crippen LogP contribution >= 0.6 is 11.3 Å². The maximum atomic E-state index is 12.1. The normalized spacial score (nSPS) is 11.4. The second-order valence-corrected chi connectivity index (χ2v) is 5.90. The lowest BCUT2D eigenvalue weighted by Gasteiger charge is -2.19. The van der Waals surface area contributed by atoms with Gasteiger partial charge in [-0.05, 0) is 29.3 Å². The molecule has 0 aliphatic carbocycles. The zero-order valence-corrected chi connectivity index (χ0v) is 13.1. The first-order valence-corrected chi connectivity index (χ1v) is 7.89. The SMILES string of the molecule is C=CCN(Cc1ccsc1)Cc1cc(=O)n2[nH]c(C)nc2n1. The van der Waals surface area contributed by atoms with Crippen molar-refractivity contribution in [1.82, 2.24) is 24.5 Å². The van der Waals surface area contributed by atoms with E-state index in [0.717, 1.165) is 13.1 Å². The molecule has 0 bridgehead atoms. The largest absolute Gasteiger partial charge is 0.290 e. The van der Waals surface area contributed by atoms with E-state index in [4.69, 9.17) is 0 Å². The van der Waals surface area contributed by atoms with Crippen LogP contribution in [0.5, 0.6) is 0 Å². The van der Waals surface area contributed by atoms with Gasteiger partial charge in [0.1, 0.15) is 5.82 Å². The summed E-state index contributed by atoms with van der Waals surface area (Å²) < 4.78 is 1.36. The van der Waals surface area contributed by atoms with Gasteiger partial charge in [0.05, 0.1) is 5.69 Å². The van der Waals surface area contributed by atoms with E-state index in [0.29, 0.717) is 23.8 Å². The average Bonchev–Trinajstić information content (AvgIpc) is 3.08. The van der Waals surface area contributed by atoms with Gasteiger partial charge in [0.2, 0.25) is 0 Å². The van der Waals surface area contributed by atoms with Crippen molar-refractivity contribution in [2.24, 2.45) is 0 Å². The van der Waals surface area contributed by atoms with Crippen molar-refractivity contribution in [1.29, 1.82) is 0 Å². The zero-order chi connectivity index (χ0) is 15.5. The highest BCUT2D eigenvalue weighted by Gasteiger charge is 2.10. The third-order valence-corrected chi connectivity index (χ3v) is 3.99. The molecule has 3 rings (SSSR count). The first-order valence-electron chi connectivity index (χ1n) is 6.95. The first kappa shape index (κ1) is 14.7. The summed E-state index contributed by atoms with van der Waals surface area (Å²) in [6.45, 7) is 7.72. The molecular weight excluding hydrogens is 298 g/mol. The van der Waals surface area contributed by atoms with Crippen LogP contribution in [0.15, 0.2) is 40.3 Å². The molecule has 0 amide bonds. The van der Waals surface area contributed by atoms with Crippen molar-refractivity contribution in [3.63, 3.8) is 0 Å². The van der Waals surface area contributed by atoms with Gasteiger partial charge in [0.15, 0.2) is 0 Å². The topological polar surface area (TPSA) is 66.3 Å². The number of H-pyrrole nitrogens is 1. The maximum absolute atomic E-state index is 12.1. The minimum absolute atomic E-state index is 0.144. The Morgan fingerprint density at radius 2 is 2.32 bits per heavy atom. The molecule has 0 atom stereocenters. The molecule has 0 radical (unpaired) electrons. The Kier molecular flexibility index (Phi) is 4.17. The predicted octanol–water partition coefficient (Wildman–Crippen LogP) is 1.98. The molecule has 7 heteroatoms. The number of hydrogen-bond acceptors (Lipinski definition) is 5. The van der Waals surface area contributed by atoms with Gasteiger partial charge in [0.25, 0.3) is 11.3 Å². The summed E-state index contributed by atoms with van der Waals surface area (Å²) in [6.07, 6.45) is 1.86. The van der Waals surface area contributed by atoms with Crippen molar-refractivity contribution in [2.45, 2.75) is 20.0 Å². The van der Waals surface area contributed by atoms with Crippen LogP contribution in [0.1, 0.15) is 17.1 Å². The van der Waals surface area contributed by atoms with Crippen LogP contribution in [0, 0.1) is 6.92 Å². The Morgan fingerprint density at radius 3 is 3.05 bits per heavy atom. The van der Waals surface area contributed by atoms with Crippen molar-refractivity contribution in [2.75, 3.05) is 6.54 Å². The van der Waals surface area contributed by atoms with Crippen LogP contribution in [0.2, 0.25) is 0 Å². The van der Waals surface area contributed by atoms with E-state index in [-0.39, 0.29) is 5.56 Å². The highest BCUT2D eigenvalue weighted by Crippen LogP contribution is 2.11. The molecular formula is C15H17N5OS. The van der Waals surface area contributed by atoms with Crippen LogP contribution in [0.3, 0.4) is 0 Å². The van der Waals surface area contributed by atoms with Crippen molar-refractivity contribution < 1.29 is 0 Å². The summed E-state index contributed by atoms with van der Waals surface area (Å²) >= 11 is 1.68. The second-order valence-electron chi connectivity index (χ2n) is 5.12. The van der Waals surface area contributed by atoms with Gasteiger partial charge >= 0.3 is 0 Å². The average molecular weight is 315 g/mol. The summed E-state index contributed by atoms with van der Waals surface area (Å²) in [5.41, 5.74) is 1.82. The predicted molar refractivity (Wildman–Crippen MR) is 87.0 cm³/mol. The molecule has 0 unspecified atom stereocenters. The maximum Gasteiger partial charge on any atom is 0.274 e. The molecule has 6 nitrogen and oxygen atoms in total. The lowest BCUT2D eigenvalue weighted by Crippen LogP contribution is -2.25. The molecule has 22 heavy (non-hydrogen) atoms. The first-order chi connectivity index (χ1) is 10.7. The molecule has 3 heterocycles. The second kappa shape index (κ2) is 6.25. The molecule has 114 valence electrons. The fourth-order valence-electron chi connectivity index (χ4n) is 2.35. The molecule has 0 spiro atoms. The molecule has 0 aliphatic rings. The Balaban J connectivity index is 1.85. The van der Waals surface area contributed by atoms with Crippen LogP contribution in [-0.4, -0.2) is 31.0 Å². The Hall–Kier alpha value is -2.25. The van der Waals surface area contributed by atoms with E-state index in [2.05, 4.69) is 43.4 Å². The monoisotopic (exact) mass is 315 g/mol. The standard InChI is InChI=1S/C15H17N5OS/c1-3-5-19(8-12-4-6-22-10-12)9-13-7-14(21)20-15(17-13)16-11(2)18-20/h3-4,6-7,10H,1,5,8-9H2,2H3,(H,16,17,18). The quantitative estimate of drug-likeness (QED) is 0.706. The molecule has 0 aliphatic heterocycles. The van der Waals surface area contributed by atoms with Gasteiger partial charge in [-0.1, -0.05) is 6.08 Å². The molecule has 1 N–H and O–H groups in total. The Bertz CT molecular complexity index is 833. The van der Waals surface area contributed by atoms with Crippen molar-refractivity contribution >= 4 is 17.1 Å². The number of fused-ring (bicyclic) bond motifs is 1. The number of nitrogens with one attached hydrogen (secondary N) is 1. The molecule has 0 saturated carbocycles. The molecule has 3 aromatic heterocycles. The summed E-state index contributed by atoms with van der Waals surface area (Å²) in [7, 11) is 0. The molecule has 0 aromatic carbocycles. The van der Waals surface area contributed by atoms with Gasteiger partial charge in [0, 0.05) is 25.7 Å². The molecule has 3 aromatic rings. The smallest absolute Gasteiger partial charge is 0.274 e. The summed E-state index contributed by atoms with van der Waals surface area (Å²) in [5.74, 6) is 1.08. The van der Waals surface area contributed by atoms with E-state index < -0.39 is 0 Å². The van der Waals surface area contributed by atoms with E-state index >= 15 is 0 Å². The number of aromatic nitrogens is 4. The summed E-state index contributed by atoms with van der Waals surface area (Å²) in [4.78, 5) is 22.9. The highest BCUT2D eigenvalue weighted by atomic mass is 32.1. The third kappa shape index (κ3) is 3.15. The Morgan fingerprint density at radius 1 is 1.45 bits per heavy atom. The highest BCUT2D eigenvalue weighted by molar-refractivity contribution is 7.07. The van der Waals surface area contributed by atoms with Gasteiger partial charge in [-0.3, -0.25) is 14.8 Å². The summed E-state index contributed by atoms with van der Waals surface area (Å²) in [6, 6.07) is 3.65. The van der Waals surface area contributed by atoms with E-state index in [1.807, 2.05) is 6.08 Å². The Labute approximate surface area is 131 Å². The number of nitrogens with zero attached hydrogens (tertiary/aromatic N) is 4. The fourth-order valence-corrected chi connectivity index (χ4v) is 3.01. The zero-order valence-electron chi connectivity index (χ0n) is 12.3. The number of hydrogen-bond donors (Lipinski definition) is 1. The number of aryl methyl sites for hydroxylation is 1. The third-order valence-electron chi connectivity index (χ3n) is 3.25. The van der Waals surface area contributed by atoms with E-state index in [1.165, 1.54) is 10.1 Å². The number of aromatic amines is 1. The van der Waals surface area contributed by atoms with Gasteiger partial charge < -0.3 is 0 Å². The van der Waals surface area contributed by atoms with Crippen LogP contribution in [0.25, 0.3) is 5.78 Å². The van der Waals surface area contributed by atoms with Gasteiger partial charge in [-0.2, -0.15) is 20.8 Å². The van der Waals surface area contributed by atoms with Gasteiger partial charge in [-0.15, -0.1) is 6.58 Å². The molecule has 0 saturated heterocycles. The molecule has 0 fully saturated rings. The minimum atomic E-state index is -0.144. The van der Waals surface area contributed by atoms with Gasteiger partial charge in [-0.25, -0.2) is 4.98 Å². The van der Waals surface area contributed by atoms with Crippen LogP contribution in [0.4, 0.5) is 0 Å². The summed E-state index contributed by atoms with van der Waals surface area (Å²) in [5, 5.41) is 7.05. The van der Waals surface area contributed by atoms with E-state index in [1.54, 1.807) is 24.3 Å². The van der Waals surface area contributed by atoms with Crippen LogP contribution in [-0.2, 0) is 13.1 Å². The lowest BCUT2D eigenvalue weighted by molar-refractivity contribution is 0.283. The fraction of sp³-hybridized carbons (Fsp3) is 0.267. The number of rotatable bonds is 6. The number of thiophene rings is 1. The van der Waals surface area contributed by atoms with Crippen molar-refractivity contribution in [3.05, 3.63) is 63.0 Å². The van der Waals surface area contributed by atoms with Crippen LogP contribution < -0.4 is 5.56 Å². The lowest BCUT2D eigenvalue weighted by atomic mass is 10.3.